The van der Waals surface area contributed by atoms with E-state index in [1.807, 2.05) is 0 Å². The number of ether oxygens (including phenoxy) is 1. The van der Waals surface area contributed by atoms with Gasteiger partial charge >= 0.3 is 15.6 Å². The lowest BCUT2D eigenvalue weighted by Crippen LogP contribution is -2.37. The van der Waals surface area contributed by atoms with Crippen molar-refractivity contribution in [2.24, 2.45) is 5.73 Å². The third kappa shape index (κ3) is 5.58. The van der Waals surface area contributed by atoms with Crippen LogP contribution in [0.25, 0.3) is 0 Å². The number of halogens is 3. The molecule has 148 valence electrons. The van der Waals surface area contributed by atoms with Crippen LogP contribution >= 0.6 is 0 Å². The smallest absolute Gasteiger partial charge is 0.394 e. The third-order valence-corrected chi connectivity index (χ3v) is 3.96. The van der Waals surface area contributed by atoms with Crippen molar-refractivity contribution >= 4 is 16.0 Å². The van der Waals surface area contributed by atoms with Crippen LogP contribution in [0, 0.1) is 0 Å². The van der Waals surface area contributed by atoms with E-state index in [1.54, 1.807) is 18.3 Å². The second kappa shape index (κ2) is 8.70. The number of nitrogens with two attached hydrogens (primary N) is 1. The molecule has 1 aromatic rings. The molecule has 4 atom stereocenters. The standard InChI is InChI=1S/C6H9F3O7S.C6H6N2O/c7-6(8,9)17(13,14)16-5-4(12)3(11)2(1-10)15-5;7-6(9)5-2-1-3-8-4-5/h2-5,10-12H,1H2;1-4H,(H2,7,9)/t2-,3-,4-,5?;/m1./s1. The van der Waals surface area contributed by atoms with Gasteiger partial charge in [0.1, 0.15) is 18.3 Å². The van der Waals surface area contributed by atoms with Crippen molar-refractivity contribution in [1.82, 2.24) is 4.98 Å². The predicted molar refractivity (Wildman–Crippen MR) is 76.6 cm³/mol. The first kappa shape index (κ1) is 22.2. The Morgan fingerprint density at radius 2 is 1.96 bits per heavy atom. The maximum Gasteiger partial charge on any atom is 0.523 e. The normalized spacial score (nSPS) is 26.1. The van der Waals surface area contributed by atoms with Crippen LogP contribution in [0.1, 0.15) is 10.4 Å². The zero-order valence-electron chi connectivity index (χ0n) is 12.8. The SMILES string of the molecule is NC(=O)c1cccnc1.O=S(=O)(OC1O[C@H](CO)[C@@H](O)[C@H]1O)C(F)(F)F. The van der Waals surface area contributed by atoms with Gasteiger partial charge in [-0.3, -0.25) is 9.78 Å². The van der Waals surface area contributed by atoms with Crippen molar-refractivity contribution in [1.29, 1.82) is 0 Å². The second-order valence-electron chi connectivity index (χ2n) is 4.81. The van der Waals surface area contributed by atoms with E-state index in [9.17, 15) is 26.4 Å². The van der Waals surface area contributed by atoms with Gasteiger partial charge in [0.2, 0.25) is 12.2 Å². The third-order valence-electron chi connectivity index (χ3n) is 2.95. The fourth-order valence-electron chi connectivity index (χ4n) is 1.63. The van der Waals surface area contributed by atoms with E-state index in [-0.39, 0.29) is 0 Å². The number of alkyl halides is 3. The Hall–Kier alpha value is -1.84. The van der Waals surface area contributed by atoms with Gasteiger partial charge in [-0.2, -0.15) is 21.6 Å². The first-order valence-electron chi connectivity index (χ1n) is 6.72. The van der Waals surface area contributed by atoms with E-state index in [4.69, 9.17) is 21.1 Å². The Bertz CT molecular complexity index is 700. The molecular formula is C12H15F3N2O8S. The van der Waals surface area contributed by atoms with Crippen LogP contribution in [-0.2, 0) is 19.0 Å². The summed E-state index contributed by atoms with van der Waals surface area (Å²) in [6.45, 7) is -0.815. The topological polar surface area (TPSA) is 169 Å². The average Bonchev–Trinajstić information content (AvgIpc) is 2.82. The average molecular weight is 404 g/mol. The molecule has 0 aliphatic carbocycles. The fourth-order valence-corrected chi connectivity index (χ4v) is 2.15. The molecule has 2 heterocycles. The minimum atomic E-state index is -5.95. The molecule has 10 nitrogen and oxygen atoms in total. The van der Waals surface area contributed by atoms with Gasteiger partial charge in [0.25, 0.3) is 0 Å². The number of aliphatic hydroxyl groups excluding tert-OH is 3. The molecule has 14 heteroatoms. The Balaban J connectivity index is 0.000000314. The number of aromatic nitrogens is 1. The minimum Gasteiger partial charge on any atom is -0.394 e. The molecule has 1 amide bonds. The molecule has 1 aliphatic rings. The zero-order chi connectivity index (χ0) is 20.1. The van der Waals surface area contributed by atoms with Crippen molar-refractivity contribution in [3.05, 3.63) is 30.1 Å². The lowest BCUT2D eigenvalue weighted by molar-refractivity contribution is -0.129. The van der Waals surface area contributed by atoms with Crippen molar-refractivity contribution < 1.29 is 50.6 Å². The molecule has 2 rings (SSSR count). The highest BCUT2D eigenvalue weighted by atomic mass is 32.2. The van der Waals surface area contributed by atoms with Gasteiger partial charge in [0.15, 0.2) is 0 Å². The van der Waals surface area contributed by atoms with Gasteiger partial charge in [0, 0.05) is 12.4 Å². The number of primary amides is 1. The van der Waals surface area contributed by atoms with Crippen molar-refractivity contribution in [2.45, 2.75) is 30.1 Å². The molecule has 0 saturated carbocycles. The lowest BCUT2D eigenvalue weighted by atomic mass is 10.1. The molecule has 1 aromatic heterocycles. The molecule has 0 spiro atoms. The predicted octanol–water partition coefficient (Wildman–Crippen LogP) is -1.53. The Morgan fingerprint density at radius 3 is 2.31 bits per heavy atom. The number of hydrogen-bond acceptors (Lipinski definition) is 9. The van der Waals surface area contributed by atoms with Crippen LogP contribution in [0.15, 0.2) is 24.5 Å². The Morgan fingerprint density at radius 1 is 1.35 bits per heavy atom. The molecule has 26 heavy (non-hydrogen) atoms. The minimum absolute atomic E-state index is 0.442. The van der Waals surface area contributed by atoms with Crippen LogP contribution in [0.2, 0.25) is 0 Å². The highest BCUT2D eigenvalue weighted by Gasteiger charge is 2.53. The van der Waals surface area contributed by atoms with E-state index in [2.05, 4.69) is 13.9 Å². The second-order valence-corrected chi connectivity index (χ2v) is 6.37. The molecule has 1 saturated heterocycles. The summed E-state index contributed by atoms with van der Waals surface area (Å²) in [5.41, 5.74) is -0.291. The largest absolute Gasteiger partial charge is 0.523 e. The van der Waals surface area contributed by atoms with Crippen molar-refractivity contribution in [3.8, 4) is 0 Å². The van der Waals surface area contributed by atoms with Crippen LogP contribution in [0.3, 0.4) is 0 Å². The molecule has 5 N–H and O–H groups in total. The number of nitrogens with zero attached hydrogens (tertiary/aromatic N) is 1. The van der Waals surface area contributed by atoms with E-state index in [1.165, 1.54) is 6.20 Å². The summed E-state index contributed by atoms with van der Waals surface area (Å²) in [7, 11) is -5.95. The Kier molecular flexibility index (Phi) is 7.43. The summed E-state index contributed by atoms with van der Waals surface area (Å²) in [6.07, 6.45) is -4.36. The monoisotopic (exact) mass is 404 g/mol. The number of hydrogen-bond donors (Lipinski definition) is 4. The van der Waals surface area contributed by atoms with Gasteiger partial charge in [-0.15, -0.1) is 0 Å². The highest BCUT2D eigenvalue weighted by molar-refractivity contribution is 7.87. The highest BCUT2D eigenvalue weighted by Crippen LogP contribution is 2.30. The summed E-state index contributed by atoms with van der Waals surface area (Å²) in [5.74, 6) is -0.442. The first-order chi connectivity index (χ1) is 11.9. The molecule has 0 bridgehead atoms. The quantitative estimate of drug-likeness (QED) is 0.343. The molecule has 1 aliphatic heterocycles. The maximum atomic E-state index is 11.9. The summed E-state index contributed by atoms with van der Waals surface area (Å²) < 4.78 is 64.9. The molecule has 1 fully saturated rings. The van der Waals surface area contributed by atoms with Gasteiger partial charge in [0.05, 0.1) is 12.2 Å². The Labute approximate surface area is 145 Å². The summed E-state index contributed by atoms with van der Waals surface area (Å²) in [4.78, 5) is 14.1. The lowest BCUT2D eigenvalue weighted by Gasteiger charge is -2.16. The summed E-state index contributed by atoms with van der Waals surface area (Å²) in [6, 6.07) is 3.29. The van der Waals surface area contributed by atoms with E-state index in [0.29, 0.717) is 5.56 Å². The first-order valence-corrected chi connectivity index (χ1v) is 8.13. The number of pyridine rings is 1. The number of carbonyl (C=O) groups is 1. The number of rotatable bonds is 4. The van der Waals surface area contributed by atoms with Crippen LogP contribution in [0.4, 0.5) is 13.2 Å². The van der Waals surface area contributed by atoms with Crippen LogP contribution < -0.4 is 5.73 Å². The van der Waals surface area contributed by atoms with E-state index < -0.39 is 52.7 Å². The van der Waals surface area contributed by atoms with Crippen LogP contribution in [0.5, 0.6) is 0 Å². The number of aliphatic hydroxyl groups is 3. The maximum absolute atomic E-state index is 11.9. The van der Waals surface area contributed by atoms with Crippen molar-refractivity contribution in [3.63, 3.8) is 0 Å². The van der Waals surface area contributed by atoms with E-state index in [0.717, 1.165) is 0 Å². The van der Waals surface area contributed by atoms with Gasteiger partial charge in [-0.05, 0) is 12.1 Å². The molecule has 0 radical (unpaired) electrons. The molecule has 1 unspecified atom stereocenters. The summed E-state index contributed by atoms with van der Waals surface area (Å²) in [5, 5.41) is 26.9. The zero-order valence-corrected chi connectivity index (χ0v) is 13.6. The fraction of sp³-hybridized carbons (Fsp3) is 0.500. The molecule has 0 aromatic carbocycles. The van der Waals surface area contributed by atoms with Gasteiger partial charge in [-0.25, -0.2) is 4.18 Å². The van der Waals surface area contributed by atoms with Crippen molar-refractivity contribution in [2.75, 3.05) is 6.61 Å². The van der Waals surface area contributed by atoms with Gasteiger partial charge in [-0.1, -0.05) is 0 Å². The van der Waals surface area contributed by atoms with E-state index >= 15 is 0 Å². The number of amides is 1. The summed E-state index contributed by atoms with van der Waals surface area (Å²) >= 11 is 0. The number of carbonyl (C=O) groups excluding carboxylic acids is 1. The molecular weight excluding hydrogens is 389 g/mol. The van der Waals surface area contributed by atoms with Gasteiger partial charge < -0.3 is 25.8 Å². The van der Waals surface area contributed by atoms with Crippen LogP contribution in [-0.4, -0.2) is 71.3 Å².